The van der Waals surface area contributed by atoms with Crippen LogP contribution in [0.1, 0.15) is 42.0 Å². The molecular formula is C19H23IN4O3. The summed E-state index contributed by atoms with van der Waals surface area (Å²) in [5, 5.41) is 7.55. The van der Waals surface area contributed by atoms with E-state index >= 15 is 0 Å². The first kappa shape index (κ1) is 20.8. The fourth-order valence-electron chi connectivity index (χ4n) is 2.56. The molecule has 0 fully saturated rings. The largest absolute Gasteiger partial charge is 0.459 e. The van der Waals surface area contributed by atoms with Crippen LogP contribution >= 0.6 is 24.0 Å². The molecule has 0 bridgehead atoms. The van der Waals surface area contributed by atoms with Crippen LogP contribution in [0.4, 0.5) is 0 Å². The number of amides is 1. The van der Waals surface area contributed by atoms with Gasteiger partial charge in [-0.3, -0.25) is 4.79 Å². The van der Waals surface area contributed by atoms with E-state index in [9.17, 15) is 4.79 Å². The Morgan fingerprint density at radius 3 is 2.67 bits per heavy atom. The van der Waals surface area contributed by atoms with Crippen LogP contribution in [0.2, 0.25) is 0 Å². The Morgan fingerprint density at radius 1 is 1.22 bits per heavy atom. The molecule has 1 aromatic carbocycles. The lowest BCUT2D eigenvalue weighted by atomic mass is 10.2. The van der Waals surface area contributed by atoms with Gasteiger partial charge in [0.2, 0.25) is 0 Å². The molecule has 2 heterocycles. The molecule has 4 N–H and O–H groups in total. The number of guanidine groups is 1. The minimum Gasteiger partial charge on any atom is -0.459 e. The fraction of sp³-hybridized carbons (Fsp3) is 0.263. The number of halogens is 1. The van der Waals surface area contributed by atoms with Crippen LogP contribution in [0.25, 0.3) is 11.0 Å². The number of nitrogens with one attached hydrogen (secondary N) is 2. The summed E-state index contributed by atoms with van der Waals surface area (Å²) in [5.41, 5.74) is 6.04. The van der Waals surface area contributed by atoms with E-state index in [0.717, 1.165) is 16.7 Å². The van der Waals surface area contributed by atoms with Crippen molar-refractivity contribution < 1.29 is 13.6 Å². The molecule has 7 nitrogen and oxygen atoms in total. The fourth-order valence-corrected chi connectivity index (χ4v) is 2.56. The van der Waals surface area contributed by atoms with Crippen LogP contribution in [0, 0.1) is 0 Å². The van der Waals surface area contributed by atoms with Crippen molar-refractivity contribution in [2.75, 3.05) is 6.54 Å². The van der Waals surface area contributed by atoms with Crippen LogP contribution in [-0.4, -0.2) is 18.4 Å². The standard InChI is InChI=1S/C19H22N4O3.HI/c1-3-21-19(22-11-14-8-9-16(25-14)18(20)24)23-12(2)17-10-13-6-4-5-7-15(13)26-17;/h4-10,12H,3,11H2,1-2H3,(H2,20,24)(H2,21,22,23);1H. The molecule has 3 aromatic rings. The maximum absolute atomic E-state index is 11.1. The second-order valence-electron chi connectivity index (χ2n) is 5.88. The van der Waals surface area contributed by atoms with Gasteiger partial charge < -0.3 is 25.2 Å². The number of para-hydroxylation sites is 1. The Bertz CT molecular complexity index is 899. The van der Waals surface area contributed by atoms with Crippen LogP contribution in [0.3, 0.4) is 0 Å². The predicted molar refractivity (Wildman–Crippen MR) is 115 cm³/mol. The molecule has 8 heteroatoms. The molecule has 27 heavy (non-hydrogen) atoms. The number of carbonyl (C=O) groups is 1. The number of fused-ring (bicyclic) bond motifs is 1. The van der Waals surface area contributed by atoms with Gasteiger partial charge in [0, 0.05) is 11.9 Å². The van der Waals surface area contributed by atoms with Crippen molar-refractivity contribution in [1.82, 2.24) is 10.6 Å². The van der Waals surface area contributed by atoms with Gasteiger partial charge in [0.1, 0.15) is 23.6 Å². The number of nitrogens with two attached hydrogens (primary N) is 1. The highest BCUT2D eigenvalue weighted by Crippen LogP contribution is 2.23. The van der Waals surface area contributed by atoms with Crippen molar-refractivity contribution in [3.63, 3.8) is 0 Å². The van der Waals surface area contributed by atoms with Gasteiger partial charge in [0.05, 0.1) is 6.04 Å². The van der Waals surface area contributed by atoms with E-state index in [1.807, 2.05) is 44.2 Å². The highest BCUT2D eigenvalue weighted by Gasteiger charge is 2.13. The van der Waals surface area contributed by atoms with Gasteiger partial charge in [-0.1, -0.05) is 18.2 Å². The van der Waals surface area contributed by atoms with E-state index in [4.69, 9.17) is 14.6 Å². The number of nitrogens with zero attached hydrogens (tertiary/aromatic N) is 1. The summed E-state index contributed by atoms with van der Waals surface area (Å²) in [4.78, 5) is 15.6. The summed E-state index contributed by atoms with van der Waals surface area (Å²) in [6, 6.07) is 13.1. The van der Waals surface area contributed by atoms with E-state index < -0.39 is 5.91 Å². The highest BCUT2D eigenvalue weighted by atomic mass is 127. The van der Waals surface area contributed by atoms with Crippen LogP contribution in [0.5, 0.6) is 0 Å². The molecule has 0 aliphatic heterocycles. The molecule has 0 aliphatic rings. The Hall–Kier alpha value is -2.49. The molecule has 0 spiro atoms. The van der Waals surface area contributed by atoms with Gasteiger partial charge in [-0.2, -0.15) is 0 Å². The summed E-state index contributed by atoms with van der Waals surface area (Å²) in [7, 11) is 0. The minimum atomic E-state index is -0.594. The van der Waals surface area contributed by atoms with Gasteiger partial charge >= 0.3 is 0 Å². The maximum Gasteiger partial charge on any atom is 0.284 e. The van der Waals surface area contributed by atoms with Crippen molar-refractivity contribution in [1.29, 1.82) is 0 Å². The third kappa shape index (κ3) is 5.25. The van der Waals surface area contributed by atoms with Gasteiger partial charge in [0.15, 0.2) is 11.7 Å². The van der Waals surface area contributed by atoms with Crippen molar-refractivity contribution >= 4 is 46.8 Å². The number of hydrogen-bond acceptors (Lipinski definition) is 4. The Morgan fingerprint density at radius 2 is 2.00 bits per heavy atom. The number of rotatable bonds is 6. The first-order valence-electron chi connectivity index (χ1n) is 8.48. The Labute approximate surface area is 174 Å². The molecular weight excluding hydrogens is 459 g/mol. The van der Waals surface area contributed by atoms with Gasteiger partial charge in [-0.15, -0.1) is 24.0 Å². The van der Waals surface area contributed by atoms with Gasteiger partial charge in [-0.25, -0.2) is 4.99 Å². The van der Waals surface area contributed by atoms with Crippen LogP contribution in [0.15, 0.2) is 56.3 Å². The Balaban J connectivity index is 0.00000261. The zero-order chi connectivity index (χ0) is 18.5. The van der Waals surface area contributed by atoms with Crippen molar-refractivity contribution in [3.05, 3.63) is 59.7 Å². The summed E-state index contributed by atoms with van der Waals surface area (Å²) in [6.45, 7) is 4.99. The average molecular weight is 482 g/mol. The quantitative estimate of drug-likeness (QED) is 0.283. The monoisotopic (exact) mass is 482 g/mol. The molecule has 0 aliphatic carbocycles. The summed E-state index contributed by atoms with van der Waals surface area (Å²) in [6.07, 6.45) is 0. The van der Waals surface area contributed by atoms with Crippen molar-refractivity contribution in [3.8, 4) is 0 Å². The first-order valence-corrected chi connectivity index (χ1v) is 8.48. The maximum atomic E-state index is 11.1. The van der Waals surface area contributed by atoms with Crippen molar-refractivity contribution in [2.45, 2.75) is 26.4 Å². The molecule has 1 atom stereocenters. The zero-order valence-electron chi connectivity index (χ0n) is 15.2. The Kier molecular flexibility index (Phi) is 7.28. The lowest BCUT2D eigenvalue weighted by Crippen LogP contribution is -2.38. The lowest BCUT2D eigenvalue weighted by molar-refractivity contribution is 0.0972. The number of primary amides is 1. The second kappa shape index (κ2) is 9.45. The van der Waals surface area contributed by atoms with E-state index in [1.165, 1.54) is 0 Å². The minimum absolute atomic E-state index is 0. The summed E-state index contributed by atoms with van der Waals surface area (Å²) < 4.78 is 11.2. The molecule has 144 valence electrons. The number of aliphatic imine (C=N–C) groups is 1. The average Bonchev–Trinajstić information content (AvgIpc) is 3.26. The van der Waals surface area contributed by atoms with Crippen molar-refractivity contribution in [2.24, 2.45) is 10.7 Å². The van der Waals surface area contributed by atoms with E-state index in [2.05, 4.69) is 15.6 Å². The number of furan rings is 2. The topological polar surface area (TPSA) is 106 Å². The normalized spacial score (nSPS) is 12.4. The van der Waals surface area contributed by atoms with E-state index in [0.29, 0.717) is 18.3 Å². The number of carbonyl (C=O) groups excluding carboxylic acids is 1. The number of hydrogen-bond donors (Lipinski definition) is 3. The van der Waals surface area contributed by atoms with Gasteiger partial charge in [-0.05, 0) is 38.1 Å². The molecule has 3 rings (SSSR count). The molecule has 1 unspecified atom stereocenters. The highest BCUT2D eigenvalue weighted by molar-refractivity contribution is 14.0. The summed E-state index contributed by atoms with van der Waals surface area (Å²) >= 11 is 0. The first-order chi connectivity index (χ1) is 12.6. The van der Waals surface area contributed by atoms with E-state index in [1.54, 1.807) is 12.1 Å². The molecule has 1 amide bonds. The second-order valence-corrected chi connectivity index (χ2v) is 5.88. The third-order valence-corrected chi connectivity index (χ3v) is 3.87. The smallest absolute Gasteiger partial charge is 0.284 e. The van der Waals surface area contributed by atoms with Gasteiger partial charge in [0.25, 0.3) is 5.91 Å². The number of benzene rings is 1. The lowest BCUT2D eigenvalue weighted by Gasteiger charge is -2.15. The SMILES string of the molecule is CCNC(=NCc1ccc(C(N)=O)o1)NC(C)c1cc2ccccc2o1.I. The molecule has 0 saturated heterocycles. The molecule has 0 saturated carbocycles. The van der Waals surface area contributed by atoms with E-state index in [-0.39, 0.29) is 42.3 Å². The zero-order valence-corrected chi connectivity index (χ0v) is 17.5. The predicted octanol–water partition coefficient (Wildman–Crippen LogP) is 3.56. The summed E-state index contributed by atoms with van der Waals surface area (Å²) in [5.74, 6) is 1.54. The molecule has 2 aromatic heterocycles. The van der Waals surface area contributed by atoms with Crippen LogP contribution < -0.4 is 16.4 Å². The van der Waals surface area contributed by atoms with Crippen LogP contribution in [-0.2, 0) is 6.54 Å². The third-order valence-electron chi connectivity index (χ3n) is 3.87. The molecule has 0 radical (unpaired) electrons.